The molecule has 1 fully saturated rings. The average molecular weight is 546 g/mol. The van der Waals surface area contributed by atoms with Crippen molar-refractivity contribution >= 4 is 62.1 Å². The molecular formula is C22H19Cl3N2O4S2. The highest BCUT2D eigenvalue weighted by atomic mass is 35.5. The molecule has 0 saturated carbocycles. The van der Waals surface area contributed by atoms with Crippen LogP contribution in [0.3, 0.4) is 0 Å². The van der Waals surface area contributed by atoms with Gasteiger partial charge in [-0.2, -0.15) is 4.31 Å². The maximum absolute atomic E-state index is 13.5. The van der Waals surface area contributed by atoms with Crippen LogP contribution in [-0.4, -0.2) is 49.7 Å². The Kier molecular flexibility index (Phi) is 7.23. The van der Waals surface area contributed by atoms with Crippen molar-refractivity contribution in [1.29, 1.82) is 0 Å². The standard InChI is InChI=1S/C22H19Cl3N2O4S2/c1-14-4-9-32-21(14)22(28)26-5-7-27(8-6-26)33(29,30)20-13-15(23)2-3-19(20)31-18-11-16(24)10-17(25)12-18/h2-4,9-13H,5-8H2,1H3. The van der Waals surface area contributed by atoms with E-state index in [1.165, 1.54) is 39.9 Å². The SMILES string of the molecule is Cc1ccsc1C(=O)N1CCN(S(=O)(=O)c2cc(Cl)ccc2Oc2cc(Cl)cc(Cl)c2)CC1. The monoisotopic (exact) mass is 544 g/mol. The molecular weight excluding hydrogens is 527 g/mol. The van der Waals surface area contributed by atoms with Gasteiger partial charge in [0.05, 0.1) is 4.88 Å². The minimum Gasteiger partial charge on any atom is -0.456 e. The van der Waals surface area contributed by atoms with Crippen LogP contribution < -0.4 is 4.74 Å². The molecule has 3 aromatic rings. The maximum Gasteiger partial charge on any atom is 0.264 e. The maximum atomic E-state index is 13.5. The molecule has 0 N–H and O–H groups in total. The summed E-state index contributed by atoms with van der Waals surface area (Å²) in [4.78, 5) is 15.1. The highest BCUT2D eigenvalue weighted by Gasteiger charge is 2.33. The van der Waals surface area contributed by atoms with Crippen molar-refractivity contribution in [3.63, 3.8) is 0 Å². The van der Waals surface area contributed by atoms with Crippen LogP contribution in [0.2, 0.25) is 15.1 Å². The second kappa shape index (κ2) is 9.82. The van der Waals surface area contributed by atoms with Crippen molar-refractivity contribution in [2.45, 2.75) is 11.8 Å². The molecule has 0 bridgehead atoms. The van der Waals surface area contributed by atoms with E-state index in [1.54, 1.807) is 17.0 Å². The zero-order valence-electron chi connectivity index (χ0n) is 17.4. The molecule has 1 aliphatic heterocycles. The van der Waals surface area contributed by atoms with Crippen LogP contribution >= 0.6 is 46.1 Å². The van der Waals surface area contributed by atoms with E-state index in [4.69, 9.17) is 39.5 Å². The Hall–Kier alpha value is -1.81. The second-order valence-corrected chi connectivity index (χ2v) is 11.6. The lowest BCUT2D eigenvalue weighted by atomic mass is 10.2. The molecule has 1 aliphatic rings. The molecule has 0 atom stereocenters. The summed E-state index contributed by atoms with van der Waals surface area (Å²) in [5.41, 5.74) is 0.918. The summed E-state index contributed by atoms with van der Waals surface area (Å²) in [5, 5.41) is 2.85. The number of amides is 1. The number of carbonyl (C=O) groups excluding carboxylic acids is 1. The van der Waals surface area contributed by atoms with E-state index < -0.39 is 10.0 Å². The minimum atomic E-state index is -3.94. The van der Waals surface area contributed by atoms with Gasteiger partial charge in [0.2, 0.25) is 10.0 Å². The summed E-state index contributed by atoms with van der Waals surface area (Å²) in [7, 11) is -3.94. The van der Waals surface area contributed by atoms with Gasteiger partial charge in [0, 0.05) is 41.2 Å². The molecule has 11 heteroatoms. The number of rotatable bonds is 5. The first-order valence-corrected chi connectivity index (χ1v) is 13.4. The highest BCUT2D eigenvalue weighted by Crippen LogP contribution is 2.35. The Morgan fingerprint density at radius 1 is 0.939 bits per heavy atom. The van der Waals surface area contributed by atoms with E-state index in [1.807, 2.05) is 18.4 Å². The molecule has 174 valence electrons. The lowest BCUT2D eigenvalue weighted by Crippen LogP contribution is -2.50. The molecule has 0 radical (unpaired) electrons. The number of nitrogens with zero attached hydrogens (tertiary/aromatic N) is 2. The number of hydrogen-bond donors (Lipinski definition) is 0. The van der Waals surface area contributed by atoms with Gasteiger partial charge in [-0.1, -0.05) is 34.8 Å². The fraction of sp³-hybridized carbons (Fsp3) is 0.227. The molecule has 0 aliphatic carbocycles. The van der Waals surface area contributed by atoms with Crippen molar-refractivity contribution < 1.29 is 17.9 Å². The number of benzene rings is 2. The van der Waals surface area contributed by atoms with Crippen molar-refractivity contribution in [2.75, 3.05) is 26.2 Å². The Balaban J connectivity index is 1.56. The Bertz CT molecular complexity index is 1280. The topological polar surface area (TPSA) is 66.9 Å². The number of carbonyl (C=O) groups is 1. The quantitative estimate of drug-likeness (QED) is 0.397. The van der Waals surface area contributed by atoms with Gasteiger partial charge in [0.15, 0.2) is 0 Å². The predicted octanol–water partition coefficient (Wildman–Crippen LogP) is 5.96. The lowest BCUT2D eigenvalue weighted by Gasteiger charge is -2.34. The molecule has 1 amide bonds. The van der Waals surface area contributed by atoms with Crippen LogP contribution in [0.15, 0.2) is 52.7 Å². The van der Waals surface area contributed by atoms with E-state index in [2.05, 4.69) is 0 Å². The van der Waals surface area contributed by atoms with Gasteiger partial charge in [0.25, 0.3) is 5.91 Å². The summed E-state index contributed by atoms with van der Waals surface area (Å²) in [6.45, 7) is 2.78. The normalized spacial score (nSPS) is 15.0. The molecule has 33 heavy (non-hydrogen) atoms. The second-order valence-electron chi connectivity index (χ2n) is 7.43. The number of hydrogen-bond acceptors (Lipinski definition) is 5. The zero-order valence-corrected chi connectivity index (χ0v) is 21.3. The van der Waals surface area contributed by atoms with E-state index in [-0.39, 0.29) is 47.8 Å². The number of piperazine rings is 1. The molecule has 6 nitrogen and oxygen atoms in total. The molecule has 1 aromatic heterocycles. The Morgan fingerprint density at radius 3 is 2.21 bits per heavy atom. The van der Waals surface area contributed by atoms with Crippen LogP contribution in [-0.2, 0) is 10.0 Å². The number of halogens is 3. The van der Waals surface area contributed by atoms with E-state index in [9.17, 15) is 13.2 Å². The third-order valence-electron chi connectivity index (χ3n) is 5.17. The number of ether oxygens (including phenoxy) is 1. The molecule has 1 saturated heterocycles. The van der Waals surface area contributed by atoms with Gasteiger partial charge in [-0.05, 0) is 60.3 Å². The van der Waals surface area contributed by atoms with Crippen LogP contribution in [0, 0.1) is 6.92 Å². The average Bonchev–Trinajstić information content (AvgIpc) is 3.19. The van der Waals surface area contributed by atoms with Gasteiger partial charge >= 0.3 is 0 Å². The van der Waals surface area contributed by atoms with Crippen molar-refractivity contribution in [2.24, 2.45) is 0 Å². The summed E-state index contributed by atoms with van der Waals surface area (Å²) in [5.74, 6) is 0.322. The molecule has 0 unspecified atom stereocenters. The first-order valence-electron chi connectivity index (χ1n) is 9.92. The van der Waals surface area contributed by atoms with Gasteiger partial charge in [-0.15, -0.1) is 11.3 Å². The third kappa shape index (κ3) is 5.31. The number of thiophene rings is 1. The van der Waals surface area contributed by atoms with Crippen molar-refractivity contribution in [3.05, 3.63) is 73.4 Å². The van der Waals surface area contributed by atoms with Crippen molar-refractivity contribution in [3.8, 4) is 11.5 Å². The van der Waals surface area contributed by atoms with Crippen molar-refractivity contribution in [1.82, 2.24) is 9.21 Å². The Labute approximate surface area is 211 Å². The van der Waals surface area contributed by atoms with Crippen LogP contribution in [0.4, 0.5) is 0 Å². The summed E-state index contributed by atoms with van der Waals surface area (Å²) < 4.78 is 34.1. The van der Waals surface area contributed by atoms with E-state index in [0.717, 1.165) is 5.56 Å². The first kappa shape index (κ1) is 24.3. The van der Waals surface area contributed by atoms with E-state index in [0.29, 0.717) is 20.7 Å². The highest BCUT2D eigenvalue weighted by molar-refractivity contribution is 7.89. The smallest absolute Gasteiger partial charge is 0.264 e. The number of sulfonamides is 1. The van der Waals surface area contributed by atoms with E-state index >= 15 is 0 Å². The zero-order chi connectivity index (χ0) is 23.8. The lowest BCUT2D eigenvalue weighted by molar-refractivity contribution is 0.0702. The molecule has 2 aromatic carbocycles. The first-order chi connectivity index (χ1) is 15.6. The number of aryl methyl sites for hydroxylation is 1. The molecule has 0 spiro atoms. The third-order valence-corrected chi connectivity index (χ3v) is 8.77. The van der Waals surface area contributed by atoms with Gasteiger partial charge in [0.1, 0.15) is 16.4 Å². The van der Waals surface area contributed by atoms with Crippen LogP contribution in [0.25, 0.3) is 0 Å². The fourth-order valence-corrected chi connectivity index (χ4v) is 6.69. The predicted molar refractivity (Wildman–Crippen MR) is 132 cm³/mol. The minimum absolute atomic E-state index is 0.0695. The summed E-state index contributed by atoms with van der Waals surface area (Å²) >= 11 is 19.6. The molecule has 4 rings (SSSR count). The summed E-state index contributed by atoms with van der Waals surface area (Å²) in [6.07, 6.45) is 0. The largest absolute Gasteiger partial charge is 0.456 e. The fourth-order valence-electron chi connectivity index (χ4n) is 3.49. The van der Waals surface area contributed by atoms with Crippen LogP contribution in [0.1, 0.15) is 15.2 Å². The summed E-state index contributed by atoms with van der Waals surface area (Å²) in [6, 6.07) is 10.9. The Morgan fingerprint density at radius 2 is 1.61 bits per heavy atom. The van der Waals surface area contributed by atoms with Gasteiger partial charge < -0.3 is 9.64 Å². The van der Waals surface area contributed by atoms with Gasteiger partial charge in [-0.25, -0.2) is 8.42 Å². The van der Waals surface area contributed by atoms with Gasteiger partial charge in [-0.3, -0.25) is 4.79 Å². The molecule has 2 heterocycles. The van der Waals surface area contributed by atoms with Crippen LogP contribution in [0.5, 0.6) is 11.5 Å².